The van der Waals surface area contributed by atoms with Crippen LogP contribution in [0, 0.1) is 0 Å². The van der Waals surface area contributed by atoms with Crippen LogP contribution in [0.15, 0.2) is 47.1 Å². The topological polar surface area (TPSA) is 95.1 Å². The van der Waals surface area contributed by atoms with Crippen molar-refractivity contribution < 1.29 is 14.1 Å². The van der Waals surface area contributed by atoms with E-state index in [0.717, 1.165) is 37.3 Å². The van der Waals surface area contributed by atoms with Crippen LogP contribution in [0.5, 0.6) is 0 Å². The second-order valence-corrected chi connectivity index (χ2v) is 7.10. The number of carbonyl (C=O) groups is 1. The number of hydrogen-bond donors (Lipinski definition) is 1. The predicted molar refractivity (Wildman–Crippen MR) is 95.0 cm³/mol. The van der Waals surface area contributed by atoms with Gasteiger partial charge < -0.3 is 14.6 Å². The van der Waals surface area contributed by atoms with E-state index in [1.54, 1.807) is 6.07 Å². The lowest BCUT2D eigenvalue weighted by Gasteiger charge is -2.35. The van der Waals surface area contributed by atoms with Crippen molar-refractivity contribution >= 4 is 5.91 Å². The Morgan fingerprint density at radius 1 is 1.19 bits per heavy atom. The minimum absolute atomic E-state index is 0.110. The van der Waals surface area contributed by atoms with Gasteiger partial charge in [-0.1, -0.05) is 40.7 Å². The van der Waals surface area contributed by atoms with Gasteiger partial charge in [-0.3, -0.25) is 4.79 Å². The normalized spacial score (nSPS) is 22.1. The van der Waals surface area contributed by atoms with Crippen LogP contribution in [0.4, 0.5) is 0 Å². The summed E-state index contributed by atoms with van der Waals surface area (Å²) < 4.78 is 12.4. The molecular weight excluding hydrogens is 346 g/mol. The number of nitrogens with zero attached hydrogens (tertiary/aromatic N) is 4. The number of benzene rings is 1. The SMILES string of the molecule is O=C(NC1CC(n2cc(C3COC3)nn2)C1)c1cc(-c2ccccc2)on1. The third-order valence-electron chi connectivity index (χ3n) is 5.21. The van der Waals surface area contributed by atoms with Crippen molar-refractivity contribution in [2.75, 3.05) is 13.2 Å². The second kappa shape index (κ2) is 6.62. The van der Waals surface area contributed by atoms with Crippen LogP contribution in [0.2, 0.25) is 0 Å². The highest BCUT2D eigenvalue weighted by Gasteiger charge is 2.34. The highest BCUT2D eigenvalue weighted by Crippen LogP contribution is 2.33. The molecule has 3 aromatic rings. The predicted octanol–water partition coefficient (Wildman–Crippen LogP) is 2.18. The molecule has 138 valence electrons. The molecule has 1 saturated carbocycles. The van der Waals surface area contributed by atoms with Gasteiger partial charge >= 0.3 is 0 Å². The number of hydrogen-bond acceptors (Lipinski definition) is 6. The van der Waals surface area contributed by atoms with Crippen molar-refractivity contribution in [3.63, 3.8) is 0 Å². The van der Waals surface area contributed by atoms with E-state index in [0.29, 0.717) is 17.4 Å². The smallest absolute Gasteiger partial charge is 0.273 e. The van der Waals surface area contributed by atoms with E-state index < -0.39 is 0 Å². The van der Waals surface area contributed by atoms with Crippen molar-refractivity contribution in [2.45, 2.75) is 30.8 Å². The molecular formula is C19H19N5O3. The molecule has 2 aromatic heterocycles. The first kappa shape index (κ1) is 16.2. The first-order valence-corrected chi connectivity index (χ1v) is 9.09. The van der Waals surface area contributed by atoms with E-state index >= 15 is 0 Å². The molecule has 8 nitrogen and oxygen atoms in total. The molecule has 0 bridgehead atoms. The third-order valence-corrected chi connectivity index (χ3v) is 5.21. The summed E-state index contributed by atoms with van der Waals surface area (Å²) in [5, 5.41) is 15.3. The summed E-state index contributed by atoms with van der Waals surface area (Å²) in [7, 11) is 0. The summed E-state index contributed by atoms with van der Waals surface area (Å²) in [6.45, 7) is 1.45. The Kier molecular flexibility index (Phi) is 3.97. The molecule has 0 spiro atoms. The number of ether oxygens (including phenoxy) is 1. The fraction of sp³-hybridized carbons (Fsp3) is 0.368. The van der Waals surface area contributed by atoms with Crippen molar-refractivity contribution in [3.8, 4) is 11.3 Å². The zero-order chi connectivity index (χ0) is 18.2. The van der Waals surface area contributed by atoms with Crippen molar-refractivity contribution in [3.05, 3.63) is 54.0 Å². The van der Waals surface area contributed by atoms with Crippen LogP contribution in [0.3, 0.4) is 0 Å². The highest BCUT2D eigenvalue weighted by molar-refractivity contribution is 5.93. The lowest BCUT2D eigenvalue weighted by Crippen LogP contribution is -2.45. The average molecular weight is 365 g/mol. The van der Waals surface area contributed by atoms with E-state index in [2.05, 4.69) is 20.8 Å². The van der Waals surface area contributed by atoms with E-state index in [4.69, 9.17) is 9.26 Å². The summed E-state index contributed by atoms with van der Waals surface area (Å²) in [5.74, 6) is 0.748. The summed E-state index contributed by atoms with van der Waals surface area (Å²) in [4.78, 5) is 12.4. The van der Waals surface area contributed by atoms with Crippen molar-refractivity contribution in [2.24, 2.45) is 0 Å². The maximum atomic E-state index is 12.4. The molecule has 1 aliphatic carbocycles. The van der Waals surface area contributed by atoms with Crippen molar-refractivity contribution in [1.29, 1.82) is 0 Å². The van der Waals surface area contributed by atoms with Gasteiger partial charge in [-0.05, 0) is 12.8 Å². The van der Waals surface area contributed by atoms with Crippen LogP contribution in [-0.2, 0) is 4.74 Å². The fourth-order valence-corrected chi connectivity index (χ4v) is 3.36. The van der Waals surface area contributed by atoms with Gasteiger partial charge in [-0.2, -0.15) is 0 Å². The largest absolute Gasteiger partial charge is 0.380 e. The van der Waals surface area contributed by atoms with Gasteiger partial charge in [0.2, 0.25) is 0 Å². The molecule has 0 unspecified atom stereocenters. The number of aromatic nitrogens is 4. The molecule has 1 aromatic carbocycles. The number of rotatable bonds is 5. The van der Waals surface area contributed by atoms with E-state index in [1.807, 2.05) is 41.2 Å². The molecule has 2 fully saturated rings. The Morgan fingerprint density at radius 2 is 2.00 bits per heavy atom. The lowest BCUT2D eigenvalue weighted by atomic mass is 9.86. The fourth-order valence-electron chi connectivity index (χ4n) is 3.36. The summed E-state index contributed by atoms with van der Waals surface area (Å²) in [6.07, 6.45) is 3.66. The van der Waals surface area contributed by atoms with E-state index in [9.17, 15) is 4.79 Å². The number of carbonyl (C=O) groups excluding carboxylic acids is 1. The van der Waals surface area contributed by atoms with Crippen molar-refractivity contribution in [1.82, 2.24) is 25.5 Å². The summed E-state index contributed by atoms with van der Waals surface area (Å²) in [5.41, 5.74) is 2.18. The van der Waals surface area contributed by atoms with Crippen LogP contribution >= 0.6 is 0 Å². The quantitative estimate of drug-likeness (QED) is 0.745. The zero-order valence-electron chi connectivity index (χ0n) is 14.6. The highest BCUT2D eigenvalue weighted by atomic mass is 16.5. The maximum Gasteiger partial charge on any atom is 0.273 e. The minimum Gasteiger partial charge on any atom is -0.380 e. The van der Waals surface area contributed by atoms with Crippen LogP contribution in [0.1, 0.15) is 41.0 Å². The molecule has 27 heavy (non-hydrogen) atoms. The van der Waals surface area contributed by atoms with Crippen LogP contribution in [0.25, 0.3) is 11.3 Å². The molecule has 3 heterocycles. The Labute approximate surface area is 155 Å². The molecule has 8 heteroatoms. The third kappa shape index (κ3) is 3.12. The zero-order valence-corrected chi connectivity index (χ0v) is 14.6. The maximum absolute atomic E-state index is 12.4. The van der Waals surface area contributed by atoms with Gasteiger partial charge in [0.05, 0.1) is 30.9 Å². The van der Waals surface area contributed by atoms with Gasteiger partial charge in [0.15, 0.2) is 11.5 Å². The molecule has 1 saturated heterocycles. The lowest BCUT2D eigenvalue weighted by molar-refractivity contribution is 0.00664. The van der Waals surface area contributed by atoms with E-state index in [1.165, 1.54) is 0 Å². The Morgan fingerprint density at radius 3 is 2.74 bits per heavy atom. The Hall–Kier alpha value is -3.00. The average Bonchev–Trinajstić information content (AvgIpc) is 3.27. The molecule has 0 atom stereocenters. The van der Waals surface area contributed by atoms with Gasteiger partial charge in [0, 0.05) is 23.9 Å². The molecule has 0 radical (unpaired) electrons. The Balaban J connectivity index is 1.16. The molecule has 1 aliphatic heterocycles. The molecule has 5 rings (SSSR count). The van der Waals surface area contributed by atoms with Gasteiger partial charge in [0.1, 0.15) is 0 Å². The monoisotopic (exact) mass is 365 g/mol. The first-order chi connectivity index (χ1) is 13.3. The van der Waals surface area contributed by atoms with Gasteiger partial charge in [-0.15, -0.1) is 5.10 Å². The Bertz CT molecular complexity index is 941. The summed E-state index contributed by atoms with van der Waals surface area (Å²) in [6, 6.07) is 11.7. The molecule has 1 amide bonds. The molecule has 1 N–H and O–H groups in total. The minimum atomic E-state index is -0.213. The first-order valence-electron chi connectivity index (χ1n) is 9.09. The van der Waals surface area contributed by atoms with Gasteiger partial charge in [0.25, 0.3) is 5.91 Å². The molecule has 2 aliphatic rings. The van der Waals surface area contributed by atoms with E-state index in [-0.39, 0.29) is 18.0 Å². The number of amides is 1. The summed E-state index contributed by atoms with van der Waals surface area (Å²) >= 11 is 0. The number of nitrogens with one attached hydrogen (secondary N) is 1. The van der Waals surface area contributed by atoms with Crippen LogP contribution in [-0.4, -0.2) is 45.3 Å². The second-order valence-electron chi connectivity index (χ2n) is 7.10. The van der Waals surface area contributed by atoms with Gasteiger partial charge in [-0.25, -0.2) is 4.68 Å². The standard InChI is InChI=1S/C19H19N5O3/c25-19(16-8-18(27-22-16)12-4-2-1-3-5-12)20-14-6-15(7-14)24-9-17(21-23-24)13-10-26-11-13/h1-5,8-9,13-15H,6-7,10-11H2,(H,20,25). The van der Waals surface area contributed by atoms with Crippen LogP contribution < -0.4 is 5.32 Å².